The van der Waals surface area contributed by atoms with Crippen molar-refractivity contribution < 1.29 is 4.42 Å². The molecule has 0 saturated carbocycles. The molecule has 2 N–H and O–H groups in total. The van der Waals surface area contributed by atoms with Gasteiger partial charge in [-0.3, -0.25) is 4.98 Å². The van der Waals surface area contributed by atoms with Crippen molar-refractivity contribution in [1.29, 1.82) is 0 Å². The van der Waals surface area contributed by atoms with E-state index in [1.165, 1.54) is 5.56 Å². The molecule has 0 unspecified atom stereocenters. The van der Waals surface area contributed by atoms with Crippen LogP contribution in [0.1, 0.15) is 5.56 Å². The van der Waals surface area contributed by atoms with Gasteiger partial charge in [-0.15, -0.1) is 0 Å². The van der Waals surface area contributed by atoms with E-state index < -0.39 is 5.76 Å². The van der Waals surface area contributed by atoms with Crippen molar-refractivity contribution in [3.63, 3.8) is 0 Å². The van der Waals surface area contributed by atoms with Crippen molar-refractivity contribution in [2.45, 2.75) is 6.54 Å². The lowest BCUT2D eigenvalue weighted by Crippen LogP contribution is -1.99. The molecule has 2 aromatic carbocycles. The van der Waals surface area contributed by atoms with Gasteiger partial charge in [0.15, 0.2) is 5.58 Å². The average molecular weight is 319 g/mol. The first-order chi connectivity index (χ1) is 9.22. The SMILES string of the molecule is O=c1[nH]c2cc(NCc3ccccc3Br)ccc2o1. The minimum atomic E-state index is -0.432. The van der Waals surface area contributed by atoms with Gasteiger partial charge in [-0.25, -0.2) is 4.79 Å². The Kier molecular flexibility index (Phi) is 3.13. The minimum absolute atomic E-state index is 0.432. The van der Waals surface area contributed by atoms with Gasteiger partial charge >= 0.3 is 5.76 Å². The van der Waals surface area contributed by atoms with Crippen LogP contribution < -0.4 is 11.1 Å². The zero-order valence-corrected chi connectivity index (χ0v) is 11.5. The Balaban J connectivity index is 1.82. The Morgan fingerprint density at radius 2 is 2.05 bits per heavy atom. The summed E-state index contributed by atoms with van der Waals surface area (Å²) in [6, 6.07) is 13.6. The van der Waals surface area contributed by atoms with Crippen LogP contribution in [0.25, 0.3) is 11.1 Å². The van der Waals surface area contributed by atoms with Gasteiger partial charge in [-0.05, 0) is 29.8 Å². The summed E-state index contributed by atoms with van der Waals surface area (Å²) in [4.78, 5) is 13.7. The highest BCUT2D eigenvalue weighted by Crippen LogP contribution is 2.20. The molecule has 0 radical (unpaired) electrons. The quantitative estimate of drug-likeness (QED) is 0.777. The molecule has 0 spiro atoms. The van der Waals surface area contributed by atoms with E-state index in [0.29, 0.717) is 17.6 Å². The molecule has 0 aliphatic carbocycles. The van der Waals surface area contributed by atoms with Crippen LogP contribution in [-0.4, -0.2) is 4.98 Å². The molecule has 0 aliphatic heterocycles. The molecule has 5 heteroatoms. The first-order valence-electron chi connectivity index (χ1n) is 5.82. The van der Waals surface area contributed by atoms with E-state index in [-0.39, 0.29) is 0 Å². The molecule has 0 saturated heterocycles. The van der Waals surface area contributed by atoms with E-state index in [0.717, 1.165) is 10.2 Å². The summed E-state index contributed by atoms with van der Waals surface area (Å²) in [6.45, 7) is 0.703. The number of aromatic nitrogens is 1. The van der Waals surface area contributed by atoms with Gasteiger partial charge in [0.25, 0.3) is 0 Å². The lowest BCUT2D eigenvalue weighted by atomic mass is 10.2. The monoisotopic (exact) mass is 318 g/mol. The third-order valence-corrected chi connectivity index (χ3v) is 3.63. The maximum atomic E-state index is 11.1. The normalized spacial score (nSPS) is 10.8. The number of H-pyrrole nitrogens is 1. The smallest absolute Gasteiger partial charge is 0.408 e. The zero-order valence-electron chi connectivity index (χ0n) is 9.94. The molecule has 4 nitrogen and oxygen atoms in total. The summed E-state index contributed by atoms with van der Waals surface area (Å²) in [5.41, 5.74) is 3.36. The fourth-order valence-corrected chi connectivity index (χ4v) is 2.33. The van der Waals surface area contributed by atoms with E-state index in [1.807, 2.05) is 30.3 Å². The van der Waals surface area contributed by atoms with Crippen molar-refractivity contribution in [3.05, 3.63) is 63.1 Å². The second kappa shape index (κ2) is 4.93. The molecule has 0 fully saturated rings. The number of oxazole rings is 1. The van der Waals surface area contributed by atoms with Crippen molar-refractivity contribution in [2.75, 3.05) is 5.32 Å². The van der Waals surface area contributed by atoms with Crippen LogP contribution in [0.15, 0.2) is 56.1 Å². The van der Waals surface area contributed by atoms with Gasteiger partial charge < -0.3 is 9.73 Å². The summed E-state index contributed by atoms with van der Waals surface area (Å²) in [7, 11) is 0. The number of nitrogens with one attached hydrogen (secondary N) is 2. The van der Waals surface area contributed by atoms with Crippen molar-refractivity contribution in [3.8, 4) is 0 Å². The van der Waals surface area contributed by atoms with E-state index in [9.17, 15) is 4.79 Å². The van der Waals surface area contributed by atoms with Crippen LogP contribution in [-0.2, 0) is 6.54 Å². The van der Waals surface area contributed by atoms with Crippen molar-refractivity contribution in [2.24, 2.45) is 0 Å². The molecule has 3 aromatic rings. The predicted molar refractivity (Wildman–Crippen MR) is 78.3 cm³/mol. The van der Waals surface area contributed by atoms with Crippen molar-refractivity contribution in [1.82, 2.24) is 4.98 Å². The maximum Gasteiger partial charge on any atom is 0.417 e. The number of rotatable bonds is 3. The zero-order chi connectivity index (χ0) is 13.2. The summed E-state index contributed by atoms with van der Waals surface area (Å²) in [6.07, 6.45) is 0. The highest BCUT2D eigenvalue weighted by atomic mass is 79.9. The topological polar surface area (TPSA) is 58.0 Å². The van der Waals surface area contributed by atoms with E-state index in [2.05, 4.69) is 32.3 Å². The molecule has 19 heavy (non-hydrogen) atoms. The first kappa shape index (κ1) is 12.0. The fourth-order valence-electron chi connectivity index (χ4n) is 1.90. The van der Waals surface area contributed by atoms with Crippen LogP contribution >= 0.6 is 15.9 Å². The second-order valence-corrected chi connectivity index (χ2v) is 5.02. The molecule has 0 amide bonds. The molecule has 1 heterocycles. The Hall–Kier alpha value is -2.01. The summed E-state index contributed by atoms with van der Waals surface area (Å²) >= 11 is 3.51. The minimum Gasteiger partial charge on any atom is -0.408 e. The van der Waals surface area contributed by atoms with Crippen LogP contribution in [0.5, 0.6) is 0 Å². The molecule has 96 valence electrons. The Morgan fingerprint density at radius 3 is 2.89 bits per heavy atom. The highest BCUT2D eigenvalue weighted by Gasteiger charge is 2.03. The average Bonchev–Trinajstić information content (AvgIpc) is 2.77. The molecule has 0 atom stereocenters. The summed E-state index contributed by atoms with van der Waals surface area (Å²) in [5, 5.41) is 3.31. The third kappa shape index (κ3) is 2.56. The third-order valence-electron chi connectivity index (χ3n) is 2.86. The van der Waals surface area contributed by atoms with Crippen LogP contribution in [0.2, 0.25) is 0 Å². The van der Waals surface area contributed by atoms with E-state index in [4.69, 9.17) is 4.42 Å². The van der Waals surface area contributed by atoms with Gasteiger partial charge in [0.2, 0.25) is 0 Å². The van der Waals surface area contributed by atoms with Gasteiger partial charge in [-0.1, -0.05) is 34.1 Å². The molecular weight excluding hydrogens is 308 g/mol. The largest absolute Gasteiger partial charge is 0.417 e. The van der Waals surface area contributed by atoms with Gasteiger partial charge in [-0.2, -0.15) is 0 Å². The number of anilines is 1. The number of hydrogen-bond acceptors (Lipinski definition) is 3. The molecule has 0 bridgehead atoms. The standard InChI is InChI=1S/C14H11BrN2O2/c15-11-4-2-1-3-9(11)8-16-10-5-6-13-12(7-10)17-14(18)19-13/h1-7,16H,8H2,(H,17,18). The van der Waals surface area contributed by atoms with E-state index in [1.54, 1.807) is 6.07 Å². The van der Waals surface area contributed by atoms with Gasteiger partial charge in [0.05, 0.1) is 5.52 Å². The molecule has 1 aromatic heterocycles. The Morgan fingerprint density at radius 1 is 1.21 bits per heavy atom. The molecule has 3 rings (SSSR count). The number of halogens is 1. The first-order valence-corrected chi connectivity index (χ1v) is 6.62. The van der Waals surface area contributed by atoms with E-state index >= 15 is 0 Å². The van der Waals surface area contributed by atoms with Crippen LogP contribution in [0, 0.1) is 0 Å². The lowest BCUT2D eigenvalue weighted by Gasteiger charge is -2.07. The predicted octanol–water partition coefficient (Wildman–Crippen LogP) is 3.50. The van der Waals surface area contributed by atoms with Gasteiger partial charge in [0.1, 0.15) is 0 Å². The Labute approximate surface area is 117 Å². The number of hydrogen-bond donors (Lipinski definition) is 2. The summed E-state index contributed by atoms with van der Waals surface area (Å²) in [5.74, 6) is -0.432. The van der Waals surface area contributed by atoms with Crippen molar-refractivity contribution >= 4 is 32.7 Å². The maximum absolute atomic E-state index is 11.1. The summed E-state index contributed by atoms with van der Waals surface area (Å²) < 4.78 is 6.03. The van der Waals surface area contributed by atoms with Gasteiger partial charge in [0, 0.05) is 16.7 Å². The van der Waals surface area contributed by atoms with Crippen LogP contribution in [0.4, 0.5) is 5.69 Å². The number of benzene rings is 2. The number of aromatic amines is 1. The lowest BCUT2D eigenvalue weighted by molar-refractivity contribution is 0.555. The molecular formula is C14H11BrN2O2. The number of fused-ring (bicyclic) bond motifs is 1. The highest BCUT2D eigenvalue weighted by molar-refractivity contribution is 9.10. The second-order valence-electron chi connectivity index (χ2n) is 4.17. The Bertz CT molecular complexity index is 776. The van der Waals surface area contributed by atoms with Crippen LogP contribution in [0.3, 0.4) is 0 Å². The fraction of sp³-hybridized carbons (Fsp3) is 0.0714. The molecule has 0 aliphatic rings.